The molecule has 2 unspecified atom stereocenters. The lowest BCUT2D eigenvalue weighted by Crippen LogP contribution is -2.62. The van der Waals surface area contributed by atoms with Gasteiger partial charge in [-0.1, -0.05) is 116 Å². The van der Waals surface area contributed by atoms with Crippen molar-refractivity contribution in [3.05, 3.63) is 71.8 Å². The summed E-state index contributed by atoms with van der Waals surface area (Å²) in [5.74, 6) is -7.50. The molecule has 3 heterocycles. The topological polar surface area (TPSA) is 329 Å². The highest BCUT2D eigenvalue weighted by atomic mass is 16.2. The van der Waals surface area contributed by atoms with Crippen LogP contribution >= 0.6 is 0 Å². The van der Waals surface area contributed by atoms with Gasteiger partial charge < -0.3 is 63.8 Å². The number of hydrogen-bond donors (Lipinski definition) is 10. The third kappa shape index (κ3) is 19.1. The van der Waals surface area contributed by atoms with E-state index in [1.54, 1.807) is 52.0 Å². The monoisotopic (exact) mass is 1140 g/mol. The summed E-state index contributed by atoms with van der Waals surface area (Å²) in [6.45, 7) is 15.7. The van der Waals surface area contributed by atoms with Crippen LogP contribution in [0.15, 0.2) is 60.7 Å². The number of carbonyl (C=O) groups is 10. The van der Waals surface area contributed by atoms with Gasteiger partial charge in [-0.15, -0.1) is 0 Å². The summed E-state index contributed by atoms with van der Waals surface area (Å²) in [4.78, 5) is 149. The Hall–Kier alpha value is -6.94. The van der Waals surface area contributed by atoms with E-state index >= 15 is 0 Å². The van der Waals surface area contributed by atoms with Gasteiger partial charge in [0, 0.05) is 25.9 Å². The van der Waals surface area contributed by atoms with E-state index in [1.165, 1.54) is 9.80 Å². The van der Waals surface area contributed by atoms with Crippen LogP contribution in [0.3, 0.4) is 0 Å². The highest BCUT2D eigenvalue weighted by molar-refractivity contribution is 6.00. The van der Waals surface area contributed by atoms with Gasteiger partial charge in [0.1, 0.15) is 60.4 Å². The van der Waals surface area contributed by atoms with Crippen LogP contribution in [0.2, 0.25) is 0 Å². The van der Waals surface area contributed by atoms with Gasteiger partial charge in [-0.05, 0) is 99.0 Å². The number of benzene rings is 2. The molecule has 22 nitrogen and oxygen atoms in total. The Kier molecular flexibility index (Phi) is 25.7. The maximum atomic E-state index is 14.9. The fourth-order valence-electron chi connectivity index (χ4n) is 10.9. The maximum Gasteiger partial charge on any atom is 0.246 e. The van der Waals surface area contributed by atoms with E-state index in [0.717, 1.165) is 11.1 Å². The van der Waals surface area contributed by atoms with Gasteiger partial charge in [0.15, 0.2) is 0 Å². The largest absolute Gasteiger partial charge is 0.358 e. The Labute approximate surface area is 483 Å². The number of amides is 10. The molecular formula is C60H94N12O10+2. The second kappa shape index (κ2) is 32.0. The molecule has 3 fully saturated rings. The quantitative estimate of drug-likeness (QED) is 0.106. The van der Waals surface area contributed by atoms with Gasteiger partial charge in [-0.2, -0.15) is 0 Å². The molecule has 10 atom stereocenters. The molecule has 0 bridgehead atoms. The van der Waals surface area contributed by atoms with Gasteiger partial charge >= 0.3 is 0 Å². The van der Waals surface area contributed by atoms with E-state index < -0.39 is 131 Å². The molecule has 2 aromatic rings. The number of nitrogens with one attached hydrogen (secondary N) is 8. The summed E-state index contributed by atoms with van der Waals surface area (Å²) in [5, 5.41) is 23.0. The molecule has 82 heavy (non-hydrogen) atoms. The smallest absolute Gasteiger partial charge is 0.246 e. The van der Waals surface area contributed by atoms with Gasteiger partial charge in [0.2, 0.25) is 59.1 Å². The van der Waals surface area contributed by atoms with Crippen molar-refractivity contribution in [1.29, 1.82) is 0 Å². The minimum atomic E-state index is -1.20. The molecule has 22 heteroatoms. The van der Waals surface area contributed by atoms with Crippen molar-refractivity contribution < 1.29 is 59.4 Å². The van der Waals surface area contributed by atoms with Gasteiger partial charge in [0.05, 0.1) is 13.1 Å². The molecule has 2 aromatic carbocycles. The molecular weight excluding hydrogens is 1050 g/mol. The molecule has 14 N–H and O–H groups in total. The van der Waals surface area contributed by atoms with Crippen LogP contribution in [0, 0.1) is 23.7 Å². The second-order valence-electron chi connectivity index (χ2n) is 23.8. The van der Waals surface area contributed by atoms with E-state index in [0.29, 0.717) is 38.8 Å². The molecule has 5 rings (SSSR count). The van der Waals surface area contributed by atoms with Gasteiger partial charge in [0.25, 0.3) is 0 Å². The van der Waals surface area contributed by atoms with Crippen LogP contribution in [0.25, 0.3) is 0 Å². The SMILES string of the molecule is CC(C)C[C@@H]1NC(=O)[C@H](CCC[NH3+])NC(=O)[C@H](C(C)C)NC(=O)C2CCCN2C(=O)[C@@H](Cc2ccccc2)NC(=O)[C@H](CC(C)C)NC(=O)[C@H](CCC[NH3+])NC(=O)[C@H](C(C)C)NC(=O)C2CCCN2C(=O)[C@@H](Cc2ccccc2)NC1=O. The number of hydrogen-bond acceptors (Lipinski definition) is 10. The highest BCUT2D eigenvalue weighted by Gasteiger charge is 2.43. The molecule has 0 spiro atoms. The summed E-state index contributed by atoms with van der Waals surface area (Å²) in [6.07, 6.45) is 2.91. The van der Waals surface area contributed by atoms with Crippen molar-refractivity contribution in [3.8, 4) is 0 Å². The molecule has 452 valence electrons. The zero-order valence-electron chi connectivity index (χ0n) is 49.6. The Balaban J connectivity index is 1.58. The summed E-state index contributed by atoms with van der Waals surface area (Å²) < 4.78 is 0. The molecule has 3 aliphatic rings. The van der Waals surface area contributed by atoms with E-state index in [1.807, 2.05) is 64.1 Å². The normalized spacial score (nSPS) is 26.6. The van der Waals surface area contributed by atoms with Crippen LogP contribution in [0.5, 0.6) is 0 Å². The fourth-order valence-corrected chi connectivity index (χ4v) is 10.9. The molecule has 0 saturated carbocycles. The summed E-state index contributed by atoms with van der Waals surface area (Å²) in [7, 11) is 0. The van der Waals surface area contributed by atoms with Gasteiger partial charge in [-0.3, -0.25) is 47.9 Å². The number of quaternary nitrogens is 2. The summed E-state index contributed by atoms with van der Waals surface area (Å²) in [6, 6.07) is 6.59. The van der Waals surface area contributed by atoms with Crippen molar-refractivity contribution >= 4 is 59.1 Å². The van der Waals surface area contributed by atoms with Crippen LogP contribution in [0.1, 0.15) is 131 Å². The standard InChI is InChI=1S/C60H92N12O10/c1-35(2)31-43-53(75)67-45(33-39-19-11-9-12-20-39)59(81)71-29-17-25-47(71)55(77)70-50(38(7)8)58(80)64-42(24-16-28-62)52(74)66-44(32-36(3)4)54(76)68-46(34-40-21-13-10-14-22-40)60(82)72-30-18-26-48(72)56(78)69-49(37(5)6)57(79)63-41(23-15-27-61)51(73)65-43/h9-14,19-22,35-38,41-50H,15-18,23-34,61-62H2,1-8H3,(H,63,79)(H,64,80)(H,65,73)(H,66,74)(H,67,75)(H,68,76)(H,69,78)(H,70,77)/p+2/t41-,42-,43-,44-,45+,46+,47?,48?,49-,50-/m0/s1. The molecule has 3 saturated heterocycles. The summed E-state index contributed by atoms with van der Waals surface area (Å²) >= 11 is 0. The lowest BCUT2D eigenvalue weighted by molar-refractivity contribution is -0.369. The van der Waals surface area contributed by atoms with E-state index in [4.69, 9.17) is 0 Å². The average molecular weight is 1140 g/mol. The van der Waals surface area contributed by atoms with Crippen molar-refractivity contribution in [2.24, 2.45) is 23.7 Å². The van der Waals surface area contributed by atoms with Crippen molar-refractivity contribution in [2.45, 2.75) is 193 Å². The van der Waals surface area contributed by atoms with Crippen LogP contribution in [-0.4, -0.2) is 155 Å². The molecule has 0 aromatic heterocycles. The fraction of sp³-hybridized carbons (Fsp3) is 0.633. The van der Waals surface area contributed by atoms with Crippen molar-refractivity contribution in [1.82, 2.24) is 52.3 Å². The van der Waals surface area contributed by atoms with E-state index in [9.17, 15) is 47.9 Å². The zero-order valence-corrected chi connectivity index (χ0v) is 49.6. The second-order valence-corrected chi connectivity index (χ2v) is 23.8. The first-order chi connectivity index (χ1) is 39.0. The lowest BCUT2D eigenvalue weighted by Gasteiger charge is -2.33. The molecule has 10 amide bonds. The Morgan fingerprint density at radius 1 is 0.415 bits per heavy atom. The van der Waals surface area contributed by atoms with Crippen LogP contribution in [-0.2, 0) is 60.8 Å². The first-order valence-corrected chi connectivity index (χ1v) is 29.7. The minimum Gasteiger partial charge on any atom is -0.358 e. The third-order valence-corrected chi connectivity index (χ3v) is 15.4. The highest BCUT2D eigenvalue weighted by Crippen LogP contribution is 2.24. The minimum absolute atomic E-state index is 0.0393. The number of rotatable bonds is 16. The van der Waals surface area contributed by atoms with Crippen molar-refractivity contribution in [2.75, 3.05) is 26.2 Å². The third-order valence-electron chi connectivity index (χ3n) is 15.4. The predicted octanol–water partition coefficient (Wildman–Crippen LogP) is -0.206. The van der Waals surface area contributed by atoms with E-state index in [-0.39, 0.29) is 76.3 Å². The van der Waals surface area contributed by atoms with Gasteiger partial charge in [-0.25, -0.2) is 0 Å². The molecule has 0 radical (unpaired) electrons. The van der Waals surface area contributed by atoms with Crippen molar-refractivity contribution in [3.63, 3.8) is 0 Å². The first kappa shape index (κ1) is 65.9. The number of carbonyl (C=O) groups excluding carboxylic acids is 10. The summed E-state index contributed by atoms with van der Waals surface area (Å²) in [5.41, 5.74) is 9.30. The predicted molar refractivity (Wildman–Crippen MR) is 308 cm³/mol. The number of fused-ring (bicyclic) bond motifs is 2. The maximum absolute atomic E-state index is 14.9. The number of nitrogens with zero attached hydrogens (tertiary/aromatic N) is 2. The Morgan fingerprint density at radius 3 is 1.05 bits per heavy atom. The van der Waals surface area contributed by atoms with E-state index in [2.05, 4.69) is 54.0 Å². The molecule has 3 aliphatic heterocycles. The van der Waals surface area contributed by atoms with Crippen LogP contribution in [0.4, 0.5) is 0 Å². The first-order valence-electron chi connectivity index (χ1n) is 29.7. The molecule has 0 aliphatic carbocycles. The lowest BCUT2D eigenvalue weighted by atomic mass is 9.99. The zero-order chi connectivity index (χ0) is 60.2. The van der Waals surface area contributed by atoms with Crippen LogP contribution < -0.4 is 54.0 Å². The Morgan fingerprint density at radius 2 is 0.732 bits per heavy atom. The average Bonchev–Trinajstić information content (AvgIpc) is 4.16. The Bertz CT molecular complexity index is 2330.